The van der Waals surface area contributed by atoms with E-state index in [4.69, 9.17) is 11.6 Å². The van der Waals surface area contributed by atoms with Crippen LogP contribution >= 0.6 is 22.9 Å². The summed E-state index contributed by atoms with van der Waals surface area (Å²) in [4.78, 5) is 18.6. The Morgan fingerprint density at radius 2 is 2.17 bits per heavy atom. The van der Waals surface area contributed by atoms with E-state index in [9.17, 15) is 4.79 Å². The molecule has 1 atom stereocenters. The van der Waals surface area contributed by atoms with Crippen LogP contribution in [0.25, 0.3) is 0 Å². The third-order valence-electron chi connectivity index (χ3n) is 4.13. The van der Waals surface area contributed by atoms with Gasteiger partial charge in [0.25, 0.3) is 0 Å². The first-order valence-electron chi connectivity index (χ1n) is 8.03. The summed E-state index contributed by atoms with van der Waals surface area (Å²) < 4.78 is 0. The number of thiazole rings is 1. The van der Waals surface area contributed by atoms with Crippen molar-refractivity contribution in [3.05, 3.63) is 45.4 Å². The Kier molecular flexibility index (Phi) is 5.58. The second kappa shape index (κ2) is 7.85. The minimum atomic E-state index is -0.134. The summed E-state index contributed by atoms with van der Waals surface area (Å²) in [5, 5.41) is 9.55. The number of carbonyl (C=O) groups is 1. The van der Waals surface area contributed by atoms with Crippen molar-refractivity contribution < 1.29 is 4.79 Å². The smallest absolute Gasteiger partial charge is 0.315 e. The highest BCUT2D eigenvalue weighted by atomic mass is 35.5. The van der Waals surface area contributed by atoms with Crippen molar-refractivity contribution in [2.24, 2.45) is 5.92 Å². The number of benzene rings is 1. The fraction of sp³-hybridized carbons (Fsp3) is 0.412. The van der Waals surface area contributed by atoms with Crippen molar-refractivity contribution in [2.45, 2.75) is 19.9 Å². The molecule has 0 aliphatic carbocycles. The van der Waals surface area contributed by atoms with Crippen molar-refractivity contribution in [2.75, 3.05) is 24.5 Å². The van der Waals surface area contributed by atoms with Gasteiger partial charge in [0.05, 0.1) is 17.2 Å². The van der Waals surface area contributed by atoms with Crippen LogP contribution in [0.5, 0.6) is 0 Å². The molecule has 1 aliphatic heterocycles. The Bertz CT molecular complexity index is 688. The van der Waals surface area contributed by atoms with E-state index in [-0.39, 0.29) is 6.03 Å². The van der Waals surface area contributed by atoms with Gasteiger partial charge < -0.3 is 15.5 Å². The molecule has 0 spiro atoms. The molecule has 2 N–H and O–H groups in total. The lowest BCUT2D eigenvalue weighted by atomic mass is 10.1. The predicted molar refractivity (Wildman–Crippen MR) is 98.9 cm³/mol. The summed E-state index contributed by atoms with van der Waals surface area (Å²) in [5.74, 6) is 0.466. The van der Waals surface area contributed by atoms with Gasteiger partial charge in [0, 0.05) is 35.7 Å². The fourth-order valence-electron chi connectivity index (χ4n) is 2.85. The Morgan fingerprint density at radius 3 is 2.88 bits per heavy atom. The molecule has 2 amide bonds. The fourth-order valence-corrected chi connectivity index (χ4v) is 3.58. The Labute approximate surface area is 151 Å². The average Bonchev–Trinajstić information content (AvgIpc) is 3.21. The molecule has 1 unspecified atom stereocenters. The highest BCUT2D eigenvalue weighted by Gasteiger charge is 2.23. The number of anilines is 1. The summed E-state index contributed by atoms with van der Waals surface area (Å²) >= 11 is 7.52. The molecule has 5 nitrogen and oxygen atoms in total. The summed E-state index contributed by atoms with van der Waals surface area (Å²) in [6, 6.07) is 7.78. The number of nitrogens with one attached hydrogen (secondary N) is 2. The number of amides is 2. The summed E-state index contributed by atoms with van der Waals surface area (Å²) in [6.45, 7) is 5.07. The zero-order valence-corrected chi connectivity index (χ0v) is 15.2. The molecule has 1 aliphatic rings. The maximum atomic E-state index is 11.9. The SMILES string of the molecule is Cc1nc(CNC(=O)NCC2CCN(c3ccc(Cl)cc3)C2)cs1. The molecular weight excluding hydrogens is 344 g/mol. The first-order chi connectivity index (χ1) is 11.6. The molecule has 24 heavy (non-hydrogen) atoms. The third kappa shape index (κ3) is 4.61. The van der Waals surface area contributed by atoms with E-state index < -0.39 is 0 Å². The van der Waals surface area contributed by atoms with Crippen LogP contribution in [0.1, 0.15) is 17.1 Å². The van der Waals surface area contributed by atoms with Crippen LogP contribution < -0.4 is 15.5 Å². The van der Waals surface area contributed by atoms with E-state index in [0.717, 1.165) is 35.2 Å². The van der Waals surface area contributed by atoms with E-state index in [1.807, 2.05) is 36.6 Å². The maximum Gasteiger partial charge on any atom is 0.315 e. The van der Waals surface area contributed by atoms with Gasteiger partial charge in [-0.2, -0.15) is 0 Å². The number of hydrogen-bond donors (Lipinski definition) is 2. The largest absolute Gasteiger partial charge is 0.371 e. The third-order valence-corrected chi connectivity index (χ3v) is 5.20. The highest BCUT2D eigenvalue weighted by molar-refractivity contribution is 7.09. The maximum absolute atomic E-state index is 11.9. The highest BCUT2D eigenvalue weighted by Crippen LogP contribution is 2.24. The van der Waals surface area contributed by atoms with Gasteiger partial charge in [-0.25, -0.2) is 9.78 Å². The summed E-state index contributed by atoms with van der Waals surface area (Å²) in [5.41, 5.74) is 2.09. The molecule has 1 saturated heterocycles. The van der Waals surface area contributed by atoms with E-state index in [1.54, 1.807) is 11.3 Å². The van der Waals surface area contributed by atoms with Crippen LogP contribution in [0.3, 0.4) is 0 Å². The van der Waals surface area contributed by atoms with Crippen LogP contribution in [0.15, 0.2) is 29.6 Å². The number of urea groups is 1. The molecule has 7 heteroatoms. The number of nitrogens with zero attached hydrogens (tertiary/aromatic N) is 2. The van der Waals surface area contributed by atoms with E-state index in [0.29, 0.717) is 19.0 Å². The lowest BCUT2D eigenvalue weighted by Gasteiger charge is -2.19. The first kappa shape index (κ1) is 17.0. The van der Waals surface area contributed by atoms with E-state index in [1.165, 1.54) is 5.69 Å². The Morgan fingerprint density at radius 1 is 1.38 bits per heavy atom. The normalized spacial score (nSPS) is 17.1. The molecule has 128 valence electrons. The molecule has 1 fully saturated rings. The van der Waals surface area contributed by atoms with Crippen LogP contribution in [0, 0.1) is 12.8 Å². The zero-order chi connectivity index (χ0) is 16.9. The quantitative estimate of drug-likeness (QED) is 0.854. The van der Waals surface area contributed by atoms with Crippen LogP contribution in [0.4, 0.5) is 10.5 Å². The monoisotopic (exact) mass is 364 g/mol. The molecule has 2 aromatic rings. The van der Waals surface area contributed by atoms with Crippen molar-refractivity contribution in [3.63, 3.8) is 0 Å². The van der Waals surface area contributed by atoms with Gasteiger partial charge in [-0.1, -0.05) is 11.6 Å². The van der Waals surface area contributed by atoms with Gasteiger partial charge in [0.2, 0.25) is 0 Å². The van der Waals surface area contributed by atoms with Gasteiger partial charge in [-0.15, -0.1) is 11.3 Å². The van der Waals surface area contributed by atoms with Gasteiger partial charge in [-0.3, -0.25) is 0 Å². The van der Waals surface area contributed by atoms with Gasteiger partial charge in [0.1, 0.15) is 0 Å². The molecule has 0 radical (unpaired) electrons. The van der Waals surface area contributed by atoms with Crippen LogP contribution in [-0.4, -0.2) is 30.6 Å². The number of hydrogen-bond acceptors (Lipinski definition) is 4. The topological polar surface area (TPSA) is 57.3 Å². The second-order valence-electron chi connectivity index (χ2n) is 6.00. The average molecular weight is 365 g/mol. The number of halogens is 1. The number of aryl methyl sites for hydroxylation is 1. The second-order valence-corrected chi connectivity index (χ2v) is 7.50. The molecule has 3 rings (SSSR count). The summed E-state index contributed by atoms with van der Waals surface area (Å²) in [6.07, 6.45) is 1.08. The van der Waals surface area contributed by atoms with Crippen molar-refractivity contribution in [1.29, 1.82) is 0 Å². The molecule has 1 aromatic heterocycles. The Balaban J connectivity index is 1.39. The standard InChI is InChI=1S/C17H21ClN4OS/c1-12-21-15(11-24-12)9-20-17(23)19-8-13-6-7-22(10-13)16-4-2-14(18)3-5-16/h2-5,11,13H,6-10H2,1H3,(H2,19,20,23). The minimum Gasteiger partial charge on any atom is -0.371 e. The lowest BCUT2D eigenvalue weighted by molar-refractivity contribution is 0.239. The van der Waals surface area contributed by atoms with Gasteiger partial charge >= 0.3 is 6.03 Å². The zero-order valence-electron chi connectivity index (χ0n) is 13.6. The number of carbonyl (C=O) groups excluding carboxylic acids is 1. The molecule has 2 heterocycles. The molecule has 0 saturated carbocycles. The van der Waals surface area contributed by atoms with Crippen molar-refractivity contribution >= 4 is 34.7 Å². The van der Waals surface area contributed by atoms with Gasteiger partial charge in [0.15, 0.2) is 0 Å². The first-order valence-corrected chi connectivity index (χ1v) is 9.29. The number of rotatable bonds is 5. The van der Waals surface area contributed by atoms with Crippen LogP contribution in [0.2, 0.25) is 5.02 Å². The molecule has 0 bridgehead atoms. The number of aromatic nitrogens is 1. The Hall–Kier alpha value is -1.79. The van der Waals surface area contributed by atoms with Crippen LogP contribution in [-0.2, 0) is 6.54 Å². The van der Waals surface area contributed by atoms with E-state index in [2.05, 4.69) is 20.5 Å². The summed E-state index contributed by atoms with van der Waals surface area (Å²) in [7, 11) is 0. The van der Waals surface area contributed by atoms with Gasteiger partial charge in [-0.05, 0) is 43.5 Å². The van der Waals surface area contributed by atoms with Crippen molar-refractivity contribution in [3.8, 4) is 0 Å². The molecular formula is C17H21ClN4OS. The molecule has 1 aromatic carbocycles. The van der Waals surface area contributed by atoms with E-state index >= 15 is 0 Å². The predicted octanol–water partition coefficient (Wildman–Crippen LogP) is 3.43. The minimum absolute atomic E-state index is 0.134. The van der Waals surface area contributed by atoms with Crippen molar-refractivity contribution in [1.82, 2.24) is 15.6 Å². The lowest BCUT2D eigenvalue weighted by Crippen LogP contribution is -2.38.